The van der Waals surface area contributed by atoms with E-state index in [1.54, 1.807) is 24.3 Å². The van der Waals surface area contributed by atoms with E-state index in [1.165, 1.54) is 7.11 Å². The van der Waals surface area contributed by atoms with Crippen molar-refractivity contribution in [2.45, 2.75) is 6.23 Å². The normalized spacial score (nSPS) is 12.5. The molecule has 0 aromatic heterocycles. The Balaban J connectivity index is 3.11. The first-order chi connectivity index (χ1) is 6.16. The van der Waals surface area contributed by atoms with Gasteiger partial charge in [-0.05, 0) is 6.07 Å². The minimum atomic E-state index is -0.608. The topological polar surface area (TPSA) is 78.3 Å². The fourth-order valence-corrected chi connectivity index (χ4v) is 1.10. The molecule has 4 N–H and O–H groups in total. The second-order valence-electron chi connectivity index (χ2n) is 2.61. The van der Waals surface area contributed by atoms with Gasteiger partial charge in [-0.15, -0.1) is 0 Å². The Morgan fingerprint density at radius 1 is 1.46 bits per heavy atom. The summed E-state index contributed by atoms with van der Waals surface area (Å²) in [5, 5.41) is 0. The molecule has 0 aliphatic carbocycles. The second-order valence-corrected chi connectivity index (χ2v) is 2.61. The zero-order valence-corrected chi connectivity index (χ0v) is 7.36. The van der Waals surface area contributed by atoms with E-state index in [9.17, 15) is 4.79 Å². The van der Waals surface area contributed by atoms with Crippen LogP contribution >= 0.6 is 0 Å². The summed E-state index contributed by atoms with van der Waals surface area (Å²) in [6, 6.07) is 6.84. The molecule has 0 aliphatic rings. The van der Waals surface area contributed by atoms with E-state index < -0.39 is 12.1 Å². The van der Waals surface area contributed by atoms with Crippen LogP contribution in [0.4, 0.5) is 0 Å². The summed E-state index contributed by atoms with van der Waals surface area (Å²) in [6.45, 7) is 0. The van der Waals surface area contributed by atoms with Crippen LogP contribution in [0.1, 0.15) is 22.1 Å². The summed E-state index contributed by atoms with van der Waals surface area (Å²) < 4.78 is 4.90. The van der Waals surface area contributed by atoms with Crippen molar-refractivity contribution in [1.82, 2.24) is 0 Å². The van der Waals surface area contributed by atoms with Gasteiger partial charge in [0.1, 0.15) is 6.23 Å². The van der Waals surface area contributed by atoms with Crippen molar-refractivity contribution in [1.29, 1.82) is 0 Å². The van der Waals surface area contributed by atoms with E-state index in [4.69, 9.17) is 16.2 Å². The first-order valence-corrected chi connectivity index (χ1v) is 3.84. The Hall–Kier alpha value is -1.39. The van der Waals surface area contributed by atoms with Gasteiger partial charge in [-0.25, -0.2) is 0 Å². The number of ether oxygens (including phenoxy) is 1. The number of nitrogens with two attached hydrogens (primary N) is 2. The molecule has 0 radical (unpaired) electrons. The average molecular weight is 180 g/mol. The molecule has 1 unspecified atom stereocenters. The molecule has 1 atom stereocenters. The third-order valence-electron chi connectivity index (χ3n) is 1.79. The molecule has 0 saturated carbocycles. The van der Waals surface area contributed by atoms with Crippen LogP contribution in [-0.4, -0.2) is 13.0 Å². The van der Waals surface area contributed by atoms with Gasteiger partial charge < -0.3 is 16.2 Å². The Morgan fingerprint density at radius 2 is 2.08 bits per heavy atom. The van der Waals surface area contributed by atoms with Crippen molar-refractivity contribution in [2.24, 2.45) is 11.5 Å². The smallest absolute Gasteiger partial charge is 0.249 e. The second kappa shape index (κ2) is 4.02. The van der Waals surface area contributed by atoms with E-state index in [0.29, 0.717) is 11.1 Å². The molecule has 0 fully saturated rings. The third-order valence-corrected chi connectivity index (χ3v) is 1.79. The van der Waals surface area contributed by atoms with Crippen LogP contribution in [0, 0.1) is 0 Å². The third kappa shape index (κ3) is 2.05. The van der Waals surface area contributed by atoms with E-state index in [2.05, 4.69) is 0 Å². The van der Waals surface area contributed by atoms with Crippen molar-refractivity contribution >= 4 is 5.91 Å². The molecule has 0 bridgehead atoms. The molecule has 4 nitrogen and oxygen atoms in total. The lowest BCUT2D eigenvalue weighted by Crippen LogP contribution is -2.20. The molecule has 13 heavy (non-hydrogen) atoms. The van der Waals surface area contributed by atoms with E-state index >= 15 is 0 Å². The van der Waals surface area contributed by atoms with E-state index in [-0.39, 0.29) is 0 Å². The highest BCUT2D eigenvalue weighted by Crippen LogP contribution is 2.15. The predicted octanol–water partition coefficient (Wildman–Crippen LogP) is 0.389. The summed E-state index contributed by atoms with van der Waals surface area (Å²) in [4.78, 5) is 11.0. The number of amides is 1. The summed E-state index contributed by atoms with van der Waals surface area (Å²) in [7, 11) is 1.47. The van der Waals surface area contributed by atoms with Gasteiger partial charge in [-0.1, -0.05) is 18.2 Å². The van der Waals surface area contributed by atoms with Crippen LogP contribution in [0.2, 0.25) is 0 Å². The Labute approximate surface area is 76.5 Å². The van der Waals surface area contributed by atoms with E-state index in [1.807, 2.05) is 0 Å². The fourth-order valence-electron chi connectivity index (χ4n) is 1.10. The molecule has 1 amide bonds. The van der Waals surface area contributed by atoms with Crippen LogP contribution < -0.4 is 11.5 Å². The molecule has 0 aliphatic heterocycles. The lowest BCUT2D eigenvalue weighted by molar-refractivity contribution is 0.0961. The summed E-state index contributed by atoms with van der Waals surface area (Å²) in [5.41, 5.74) is 11.8. The van der Waals surface area contributed by atoms with Crippen molar-refractivity contribution in [2.75, 3.05) is 7.11 Å². The standard InChI is InChI=1S/C9H12N2O2/c1-13-9(11)7-5-3-2-4-6(7)8(10)12/h2-5,9H,11H2,1H3,(H2,10,12). The van der Waals surface area contributed by atoms with Crippen LogP contribution in [-0.2, 0) is 4.74 Å². The minimum Gasteiger partial charge on any atom is -0.366 e. The number of primary amides is 1. The maximum absolute atomic E-state index is 11.0. The molecule has 4 heteroatoms. The quantitative estimate of drug-likeness (QED) is 0.660. The van der Waals surface area contributed by atoms with Crippen molar-refractivity contribution in [3.05, 3.63) is 35.4 Å². The van der Waals surface area contributed by atoms with E-state index in [0.717, 1.165) is 0 Å². The molecular weight excluding hydrogens is 168 g/mol. The van der Waals surface area contributed by atoms with Crippen molar-refractivity contribution < 1.29 is 9.53 Å². The first kappa shape index (κ1) is 9.70. The van der Waals surface area contributed by atoms with Gasteiger partial charge in [-0.3, -0.25) is 4.79 Å². The molecule has 0 heterocycles. The lowest BCUT2D eigenvalue weighted by atomic mass is 10.1. The number of benzene rings is 1. The molecular formula is C9H12N2O2. The maximum Gasteiger partial charge on any atom is 0.249 e. The number of carbonyl (C=O) groups is 1. The highest BCUT2D eigenvalue weighted by atomic mass is 16.5. The van der Waals surface area contributed by atoms with Crippen LogP contribution in [0.15, 0.2) is 24.3 Å². The average Bonchev–Trinajstić information content (AvgIpc) is 2.16. The summed E-state index contributed by atoms with van der Waals surface area (Å²) in [6.07, 6.45) is -0.608. The van der Waals surface area contributed by atoms with Crippen LogP contribution in [0.5, 0.6) is 0 Å². The minimum absolute atomic E-state index is 0.400. The Kier molecular flexibility index (Phi) is 3.00. The Bertz CT molecular complexity index is 312. The zero-order valence-electron chi connectivity index (χ0n) is 7.36. The lowest BCUT2D eigenvalue weighted by Gasteiger charge is -2.12. The van der Waals surface area contributed by atoms with Gasteiger partial charge in [0.15, 0.2) is 0 Å². The Morgan fingerprint density at radius 3 is 2.62 bits per heavy atom. The maximum atomic E-state index is 11.0. The highest BCUT2D eigenvalue weighted by molar-refractivity contribution is 5.94. The molecule has 70 valence electrons. The predicted molar refractivity (Wildman–Crippen MR) is 48.9 cm³/mol. The van der Waals surface area contributed by atoms with Gasteiger partial charge in [0.25, 0.3) is 0 Å². The number of hydrogen-bond donors (Lipinski definition) is 2. The molecule has 1 aromatic rings. The number of rotatable bonds is 3. The van der Waals surface area contributed by atoms with Gasteiger partial charge in [0.05, 0.1) is 0 Å². The first-order valence-electron chi connectivity index (χ1n) is 3.84. The van der Waals surface area contributed by atoms with Gasteiger partial charge in [-0.2, -0.15) is 0 Å². The number of carbonyl (C=O) groups excluding carboxylic acids is 1. The number of methoxy groups -OCH3 is 1. The summed E-state index contributed by atoms with van der Waals surface area (Å²) in [5.74, 6) is -0.497. The largest absolute Gasteiger partial charge is 0.366 e. The highest BCUT2D eigenvalue weighted by Gasteiger charge is 2.12. The number of hydrogen-bond acceptors (Lipinski definition) is 3. The summed E-state index contributed by atoms with van der Waals surface area (Å²) >= 11 is 0. The van der Waals surface area contributed by atoms with Crippen molar-refractivity contribution in [3.63, 3.8) is 0 Å². The SMILES string of the molecule is COC(N)c1ccccc1C(N)=O. The van der Waals surface area contributed by atoms with Crippen molar-refractivity contribution in [3.8, 4) is 0 Å². The van der Waals surface area contributed by atoms with Gasteiger partial charge in [0.2, 0.25) is 5.91 Å². The monoisotopic (exact) mass is 180 g/mol. The van der Waals surface area contributed by atoms with Gasteiger partial charge >= 0.3 is 0 Å². The molecule has 0 saturated heterocycles. The molecule has 1 rings (SSSR count). The van der Waals surface area contributed by atoms with Crippen LogP contribution in [0.3, 0.4) is 0 Å². The zero-order chi connectivity index (χ0) is 9.84. The molecule has 1 aromatic carbocycles. The fraction of sp³-hybridized carbons (Fsp3) is 0.222. The van der Waals surface area contributed by atoms with Crippen LogP contribution in [0.25, 0.3) is 0 Å². The molecule has 0 spiro atoms. The van der Waals surface area contributed by atoms with Gasteiger partial charge in [0, 0.05) is 18.2 Å².